The highest BCUT2D eigenvalue weighted by molar-refractivity contribution is 5.85. The van der Waals surface area contributed by atoms with Crippen molar-refractivity contribution in [2.75, 3.05) is 6.61 Å². The molecule has 7 heavy (non-hydrogen) atoms. The zero-order valence-electron chi connectivity index (χ0n) is 3.83. The van der Waals surface area contributed by atoms with Gasteiger partial charge < -0.3 is 4.74 Å². The van der Waals surface area contributed by atoms with Crippen molar-refractivity contribution in [2.24, 2.45) is 0 Å². The van der Waals surface area contributed by atoms with E-state index in [9.17, 15) is 0 Å². The summed E-state index contributed by atoms with van der Waals surface area (Å²) >= 11 is 0. The molecule has 1 aliphatic heterocycles. The van der Waals surface area contributed by atoms with Gasteiger partial charge in [0.15, 0.2) is 0 Å². The summed E-state index contributed by atoms with van der Waals surface area (Å²) in [7, 11) is 0. The van der Waals surface area contributed by atoms with Gasteiger partial charge >= 0.3 is 0 Å². The average Bonchev–Trinajstić information content (AvgIpc) is 1.72. The molecule has 0 amide bonds. The first-order chi connectivity index (χ1) is 3.00. The van der Waals surface area contributed by atoms with E-state index in [0.717, 1.165) is 6.61 Å². The van der Waals surface area contributed by atoms with Gasteiger partial charge in [-0.3, -0.25) is 0 Å². The second-order valence-electron chi connectivity index (χ2n) is 1.09. The number of rotatable bonds is 0. The topological polar surface area (TPSA) is 9.23 Å². The van der Waals surface area contributed by atoms with E-state index in [2.05, 4.69) is 0 Å². The lowest BCUT2D eigenvalue weighted by Gasteiger charge is -1.94. The monoisotopic (exact) mass is 118 g/mol. The van der Waals surface area contributed by atoms with Gasteiger partial charge in [-0.25, -0.2) is 0 Å². The molecule has 0 saturated carbocycles. The molecule has 0 fully saturated rings. The number of hydrogen-bond donors (Lipinski definition) is 0. The van der Waals surface area contributed by atoms with Crippen molar-refractivity contribution in [1.29, 1.82) is 0 Å². The highest BCUT2D eigenvalue weighted by Crippen LogP contribution is 1.87. The van der Waals surface area contributed by atoms with Crippen molar-refractivity contribution in [3.63, 3.8) is 0 Å². The Labute approximate surface area is 49.1 Å². The second-order valence-corrected chi connectivity index (χ2v) is 1.09. The summed E-state index contributed by atoms with van der Waals surface area (Å²) in [4.78, 5) is 0. The zero-order chi connectivity index (χ0) is 4.24. The minimum Gasteiger partial charge on any atom is -0.497 e. The largest absolute Gasteiger partial charge is 0.497 e. The number of ether oxygens (including phenoxy) is 1. The van der Waals surface area contributed by atoms with E-state index in [-0.39, 0.29) is 12.4 Å². The van der Waals surface area contributed by atoms with E-state index >= 15 is 0 Å². The molecule has 0 atom stereocenters. The minimum atomic E-state index is 0. The van der Waals surface area contributed by atoms with E-state index < -0.39 is 0 Å². The van der Waals surface area contributed by atoms with Crippen molar-refractivity contribution in [2.45, 2.75) is 0 Å². The van der Waals surface area contributed by atoms with Crippen LogP contribution in [0.4, 0.5) is 0 Å². The molecule has 0 aliphatic carbocycles. The molecule has 1 aliphatic rings. The molecule has 0 unspecified atom stereocenters. The second kappa shape index (κ2) is 3.75. The lowest BCUT2D eigenvalue weighted by molar-refractivity contribution is 0.286. The molecule has 0 aromatic carbocycles. The first-order valence-corrected chi connectivity index (χ1v) is 1.93. The third kappa shape index (κ3) is 2.29. The Hall–Kier alpha value is -0.430. The van der Waals surface area contributed by atoms with E-state index in [1.165, 1.54) is 0 Å². The molecular formula is C5H7ClO. The van der Waals surface area contributed by atoms with Crippen LogP contribution in [-0.2, 0) is 4.74 Å². The van der Waals surface area contributed by atoms with Gasteiger partial charge in [0.2, 0.25) is 0 Å². The Morgan fingerprint density at radius 2 is 2.14 bits per heavy atom. The van der Waals surface area contributed by atoms with Crippen molar-refractivity contribution in [3.8, 4) is 0 Å². The molecule has 0 N–H and O–H groups in total. The SMILES string of the molecule is C1=CCOC=C1.Cl. The van der Waals surface area contributed by atoms with Gasteiger partial charge in [-0.2, -0.15) is 0 Å². The van der Waals surface area contributed by atoms with Crippen LogP contribution in [0.1, 0.15) is 0 Å². The van der Waals surface area contributed by atoms with E-state index in [1.807, 2.05) is 18.2 Å². The molecule has 0 aromatic rings. The fourth-order valence-electron chi connectivity index (χ4n) is 0.346. The normalized spacial score (nSPS) is 14.9. The summed E-state index contributed by atoms with van der Waals surface area (Å²) in [6, 6.07) is 0. The van der Waals surface area contributed by atoms with Gasteiger partial charge in [-0.1, -0.05) is 6.08 Å². The lowest BCUT2D eigenvalue weighted by atomic mass is 10.5. The Morgan fingerprint density at radius 3 is 2.29 bits per heavy atom. The predicted molar refractivity (Wildman–Crippen MR) is 31.5 cm³/mol. The maximum atomic E-state index is 4.80. The molecule has 2 heteroatoms. The van der Waals surface area contributed by atoms with E-state index in [0.29, 0.717) is 0 Å². The summed E-state index contributed by atoms with van der Waals surface area (Å²) in [6.45, 7) is 0.733. The zero-order valence-corrected chi connectivity index (χ0v) is 4.65. The van der Waals surface area contributed by atoms with E-state index in [1.54, 1.807) is 6.26 Å². The van der Waals surface area contributed by atoms with Crippen LogP contribution in [0.25, 0.3) is 0 Å². The quantitative estimate of drug-likeness (QED) is 0.469. The Kier molecular flexibility index (Phi) is 3.52. The molecule has 1 nitrogen and oxygen atoms in total. The predicted octanol–water partition coefficient (Wildman–Crippen LogP) is 1.51. The van der Waals surface area contributed by atoms with Crippen molar-refractivity contribution in [1.82, 2.24) is 0 Å². The molecular weight excluding hydrogens is 112 g/mol. The summed E-state index contributed by atoms with van der Waals surface area (Å²) in [5.41, 5.74) is 0. The lowest BCUT2D eigenvalue weighted by Crippen LogP contribution is -1.82. The first-order valence-electron chi connectivity index (χ1n) is 1.93. The van der Waals surface area contributed by atoms with Crippen LogP contribution in [0.5, 0.6) is 0 Å². The van der Waals surface area contributed by atoms with Gasteiger partial charge in [0.05, 0.1) is 6.26 Å². The Morgan fingerprint density at radius 1 is 1.29 bits per heavy atom. The fraction of sp³-hybridized carbons (Fsp3) is 0.200. The van der Waals surface area contributed by atoms with E-state index in [4.69, 9.17) is 4.74 Å². The van der Waals surface area contributed by atoms with Crippen LogP contribution in [0.15, 0.2) is 24.5 Å². The smallest absolute Gasteiger partial charge is 0.106 e. The first kappa shape index (κ1) is 6.57. The van der Waals surface area contributed by atoms with Gasteiger partial charge in [-0.15, -0.1) is 12.4 Å². The highest BCUT2D eigenvalue weighted by Gasteiger charge is 1.75. The van der Waals surface area contributed by atoms with Crippen LogP contribution in [-0.4, -0.2) is 6.61 Å². The fourth-order valence-corrected chi connectivity index (χ4v) is 0.346. The number of hydrogen-bond acceptors (Lipinski definition) is 1. The molecule has 1 heterocycles. The van der Waals surface area contributed by atoms with Gasteiger partial charge in [0, 0.05) is 0 Å². The molecule has 1 rings (SSSR count). The molecule has 0 radical (unpaired) electrons. The third-order valence-electron chi connectivity index (χ3n) is 0.614. The number of allylic oxidation sites excluding steroid dienone is 2. The maximum Gasteiger partial charge on any atom is 0.106 e. The van der Waals surface area contributed by atoms with Crippen LogP contribution >= 0.6 is 12.4 Å². The summed E-state index contributed by atoms with van der Waals surface area (Å²) < 4.78 is 4.80. The summed E-state index contributed by atoms with van der Waals surface area (Å²) in [5, 5.41) is 0. The van der Waals surface area contributed by atoms with Crippen LogP contribution in [0, 0.1) is 0 Å². The van der Waals surface area contributed by atoms with Crippen molar-refractivity contribution < 1.29 is 4.74 Å². The van der Waals surface area contributed by atoms with Gasteiger partial charge in [0.25, 0.3) is 0 Å². The molecule has 0 bridgehead atoms. The third-order valence-corrected chi connectivity index (χ3v) is 0.614. The minimum absolute atomic E-state index is 0. The standard InChI is InChI=1S/C5H6O.ClH/c1-2-4-6-5-3-1;/h1-4H,5H2;1H. The maximum absolute atomic E-state index is 4.80. The Balaban J connectivity index is 0.000000360. The summed E-state index contributed by atoms with van der Waals surface area (Å²) in [6.07, 6.45) is 7.47. The van der Waals surface area contributed by atoms with Crippen LogP contribution < -0.4 is 0 Å². The van der Waals surface area contributed by atoms with Gasteiger partial charge in [-0.05, 0) is 12.2 Å². The molecule has 0 spiro atoms. The van der Waals surface area contributed by atoms with Crippen molar-refractivity contribution >= 4 is 12.4 Å². The van der Waals surface area contributed by atoms with Crippen LogP contribution in [0.3, 0.4) is 0 Å². The summed E-state index contributed by atoms with van der Waals surface area (Å²) in [5.74, 6) is 0. The highest BCUT2D eigenvalue weighted by atomic mass is 35.5. The average molecular weight is 119 g/mol. The van der Waals surface area contributed by atoms with Crippen LogP contribution in [0.2, 0.25) is 0 Å². The molecule has 0 saturated heterocycles. The number of halogens is 1. The van der Waals surface area contributed by atoms with Gasteiger partial charge in [0.1, 0.15) is 6.61 Å². The molecule has 0 aromatic heterocycles. The van der Waals surface area contributed by atoms with Crippen molar-refractivity contribution in [3.05, 3.63) is 24.5 Å². The Bertz CT molecular complexity index is 74.1. The molecule has 40 valence electrons.